The summed E-state index contributed by atoms with van der Waals surface area (Å²) in [6.07, 6.45) is -0.0280. The first-order valence-electron chi connectivity index (χ1n) is 9.19. The third-order valence-electron chi connectivity index (χ3n) is 4.21. The molecular formula is C21H24N2O7. The van der Waals surface area contributed by atoms with Crippen LogP contribution in [0.3, 0.4) is 0 Å². The van der Waals surface area contributed by atoms with Crippen LogP contribution in [0.5, 0.6) is 11.5 Å². The molecule has 2 rings (SSSR count). The fourth-order valence-corrected chi connectivity index (χ4v) is 2.75. The van der Waals surface area contributed by atoms with Crippen molar-refractivity contribution in [3.8, 4) is 11.5 Å². The third-order valence-corrected chi connectivity index (χ3v) is 4.21. The Labute approximate surface area is 174 Å². The van der Waals surface area contributed by atoms with E-state index in [2.05, 4.69) is 10.1 Å². The van der Waals surface area contributed by atoms with E-state index in [1.165, 1.54) is 13.2 Å². The number of rotatable bonds is 8. The summed E-state index contributed by atoms with van der Waals surface area (Å²) in [6.45, 7) is 5.56. The predicted octanol–water partition coefficient (Wildman–Crippen LogP) is 3.67. The largest absolute Gasteiger partial charge is 0.493 e. The molecule has 0 fully saturated rings. The number of esters is 1. The number of nitro benzene ring substituents is 1. The van der Waals surface area contributed by atoms with Crippen LogP contribution in [0.2, 0.25) is 0 Å². The zero-order valence-corrected chi connectivity index (χ0v) is 17.4. The number of amides is 1. The van der Waals surface area contributed by atoms with E-state index in [1.54, 1.807) is 25.1 Å². The minimum atomic E-state index is -0.772. The first-order chi connectivity index (χ1) is 14.2. The molecule has 0 aliphatic rings. The van der Waals surface area contributed by atoms with Gasteiger partial charge >= 0.3 is 5.97 Å². The van der Waals surface area contributed by atoms with Crippen LogP contribution in [0, 0.1) is 10.1 Å². The van der Waals surface area contributed by atoms with Gasteiger partial charge in [-0.1, -0.05) is 6.07 Å². The maximum Gasteiger partial charge on any atom is 0.338 e. The minimum Gasteiger partial charge on any atom is -0.493 e. The summed E-state index contributed by atoms with van der Waals surface area (Å²) in [5.74, 6) is -0.245. The third kappa shape index (κ3) is 5.47. The molecule has 1 amide bonds. The highest BCUT2D eigenvalue weighted by Gasteiger charge is 2.20. The molecule has 0 saturated carbocycles. The molecule has 0 aromatic heterocycles. The molecule has 9 nitrogen and oxygen atoms in total. The SMILES string of the molecule is COC(=O)c1cc(C(=O)NC(C)c2ccc(OC(C)C)c(OC)c2)cc([N+](=O)[O-])c1. The van der Waals surface area contributed by atoms with Crippen molar-refractivity contribution < 1.29 is 28.7 Å². The Morgan fingerprint density at radius 3 is 2.23 bits per heavy atom. The van der Waals surface area contributed by atoms with Crippen LogP contribution in [-0.4, -0.2) is 37.1 Å². The van der Waals surface area contributed by atoms with Crippen LogP contribution in [-0.2, 0) is 4.74 Å². The molecule has 2 aromatic carbocycles. The molecule has 1 unspecified atom stereocenters. The van der Waals surface area contributed by atoms with E-state index in [1.807, 2.05) is 13.8 Å². The number of carbonyl (C=O) groups excluding carboxylic acids is 2. The van der Waals surface area contributed by atoms with Gasteiger partial charge in [0.05, 0.1) is 36.9 Å². The normalized spacial score (nSPS) is 11.5. The quantitative estimate of drug-likeness (QED) is 0.396. The Kier molecular flexibility index (Phi) is 7.35. The molecule has 0 aliphatic carbocycles. The predicted molar refractivity (Wildman–Crippen MR) is 109 cm³/mol. The molecule has 9 heteroatoms. The zero-order chi connectivity index (χ0) is 22.4. The minimum absolute atomic E-state index is 0.0248. The van der Waals surface area contributed by atoms with Gasteiger partial charge in [0.2, 0.25) is 0 Å². The van der Waals surface area contributed by atoms with Crippen molar-refractivity contribution in [3.05, 3.63) is 63.2 Å². The lowest BCUT2D eigenvalue weighted by molar-refractivity contribution is -0.384. The first-order valence-corrected chi connectivity index (χ1v) is 9.19. The van der Waals surface area contributed by atoms with Crippen molar-refractivity contribution in [1.29, 1.82) is 0 Å². The van der Waals surface area contributed by atoms with Crippen LogP contribution >= 0.6 is 0 Å². The van der Waals surface area contributed by atoms with E-state index in [4.69, 9.17) is 9.47 Å². The van der Waals surface area contributed by atoms with Gasteiger partial charge < -0.3 is 19.5 Å². The van der Waals surface area contributed by atoms with Crippen LogP contribution < -0.4 is 14.8 Å². The molecule has 0 saturated heterocycles. The highest BCUT2D eigenvalue weighted by atomic mass is 16.6. The second kappa shape index (κ2) is 9.73. The number of ether oxygens (including phenoxy) is 3. The van der Waals surface area contributed by atoms with Crippen LogP contribution in [0.25, 0.3) is 0 Å². The van der Waals surface area contributed by atoms with Gasteiger partial charge in [-0.25, -0.2) is 4.79 Å². The van der Waals surface area contributed by atoms with Crippen molar-refractivity contribution in [2.24, 2.45) is 0 Å². The molecule has 1 atom stereocenters. The second-order valence-electron chi connectivity index (χ2n) is 6.79. The number of nitrogens with zero attached hydrogens (tertiary/aromatic N) is 1. The van der Waals surface area contributed by atoms with Crippen molar-refractivity contribution in [2.45, 2.75) is 32.9 Å². The van der Waals surface area contributed by atoms with E-state index < -0.39 is 22.8 Å². The maximum absolute atomic E-state index is 12.7. The second-order valence-corrected chi connectivity index (χ2v) is 6.79. The van der Waals surface area contributed by atoms with Gasteiger partial charge in [-0.15, -0.1) is 0 Å². The Bertz CT molecular complexity index is 956. The van der Waals surface area contributed by atoms with Gasteiger partial charge in [0.25, 0.3) is 11.6 Å². The molecular weight excluding hydrogens is 392 g/mol. The summed E-state index contributed by atoms with van der Waals surface area (Å²) in [5, 5.41) is 13.9. The summed E-state index contributed by atoms with van der Waals surface area (Å²) in [6, 6.07) is 8.26. The maximum atomic E-state index is 12.7. The fraction of sp³-hybridized carbons (Fsp3) is 0.333. The van der Waals surface area contributed by atoms with Gasteiger partial charge in [-0.2, -0.15) is 0 Å². The molecule has 30 heavy (non-hydrogen) atoms. The molecule has 0 heterocycles. The van der Waals surface area contributed by atoms with Crippen molar-refractivity contribution in [3.63, 3.8) is 0 Å². The Balaban J connectivity index is 2.28. The molecule has 0 aliphatic heterocycles. The van der Waals surface area contributed by atoms with Gasteiger partial charge in [0.1, 0.15) is 0 Å². The summed E-state index contributed by atoms with van der Waals surface area (Å²) in [5.41, 5.74) is 0.257. The molecule has 1 N–H and O–H groups in total. The zero-order valence-electron chi connectivity index (χ0n) is 17.4. The summed E-state index contributed by atoms with van der Waals surface area (Å²) >= 11 is 0. The monoisotopic (exact) mass is 416 g/mol. The van der Waals surface area contributed by atoms with E-state index in [-0.39, 0.29) is 22.9 Å². The average molecular weight is 416 g/mol. The van der Waals surface area contributed by atoms with E-state index in [9.17, 15) is 19.7 Å². The number of benzene rings is 2. The molecule has 0 spiro atoms. The van der Waals surface area contributed by atoms with E-state index in [0.717, 1.165) is 24.8 Å². The van der Waals surface area contributed by atoms with E-state index >= 15 is 0 Å². The number of nitro groups is 1. The van der Waals surface area contributed by atoms with Crippen LogP contribution in [0.1, 0.15) is 53.1 Å². The fourth-order valence-electron chi connectivity index (χ4n) is 2.75. The van der Waals surface area contributed by atoms with Crippen LogP contribution in [0.15, 0.2) is 36.4 Å². The van der Waals surface area contributed by atoms with Crippen molar-refractivity contribution in [1.82, 2.24) is 5.32 Å². The first kappa shape index (κ1) is 22.7. The molecule has 2 aromatic rings. The number of hydrogen-bond acceptors (Lipinski definition) is 7. The van der Waals surface area contributed by atoms with Crippen molar-refractivity contribution in [2.75, 3.05) is 14.2 Å². The summed E-state index contributed by atoms with van der Waals surface area (Å²) in [7, 11) is 2.68. The Morgan fingerprint density at radius 1 is 1.00 bits per heavy atom. The molecule has 0 bridgehead atoms. The standard InChI is InChI=1S/C21H24N2O7/c1-12(2)30-18-7-6-14(11-19(18)28-4)13(3)22-20(24)15-8-16(21(25)29-5)10-17(9-15)23(26)27/h6-13H,1-5H3,(H,22,24). The van der Waals surface area contributed by atoms with E-state index in [0.29, 0.717) is 11.5 Å². The lowest BCUT2D eigenvalue weighted by atomic mass is 10.1. The summed E-state index contributed by atoms with van der Waals surface area (Å²) < 4.78 is 15.6. The lowest BCUT2D eigenvalue weighted by Gasteiger charge is -2.18. The number of non-ortho nitro benzene ring substituents is 1. The number of methoxy groups -OCH3 is 2. The van der Waals surface area contributed by atoms with Gasteiger partial charge in [-0.05, 0) is 44.5 Å². The Morgan fingerprint density at radius 2 is 1.67 bits per heavy atom. The van der Waals surface area contributed by atoms with Gasteiger partial charge in [-0.3, -0.25) is 14.9 Å². The van der Waals surface area contributed by atoms with Crippen molar-refractivity contribution >= 4 is 17.6 Å². The smallest absolute Gasteiger partial charge is 0.338 e. The topological polar surface area (TPSA) is 117 Å². The Hall–Kier alpha value is -3.62. The summed E-state index contributed by atoms with van der Waals surface area (Å²) in [4.78, 5) is 35.0. The highest BCUT2D eigenvalue weighted by Crippen LogP contribution is 2.31. The highest BCUT2D eigenvalue weighted by molar-refractivity contribution is 5.99. The van der Waals surface area contributed by atoms with Crippen LogP contribution in [0.4, 0.5) is 5.69 Å². The van der Waals surface area contributed by atoms with Gasteiger partial charge in [0.15, 0.2) is 11.5 Å². The lowest BCUT2D eigenvalue weighted by Crippen LogP contribution is -2.27. The number of hydrogen-bond donors (Lipinski definition) is 1. The molecule has 160 valence electrons. The number of nitrogens with one attached hydrogen (secondary N) is 1. The van der Waals surface area contributed by atoms with Gasteiger partial charge in [0, 0.05) is 17.7 Å². The average Bonchev–Trinajstić information content (AvgIpc) is 2.72. The molecule has 0 radical (unpaired) electrons. The number of carbonyl (C=O) groups is 2.